The lowest BCUT2D eigenvalue weighted by Crippen LogP contribution is -2.26. The van der Waals surface area contributed by atoms with Gasteiger partial charge in [0.05, 0.1) is 7.11 Å². The highest BCUT2D eigenvalue weighted by Crippen LogP contribution is 2.33. The third kappa shape index (κ3) is 2.72. The first-order valence-electron chi connectivity index (χ1n) is 6.61. The number of hydrogen-bond acceptors (Lipinski definition) is 3. The summed E-state index contributed by atoms with van der Waals surface area (Å²) in [5.41, 5.74) is 6.71. The molecule has 1 aromatic rings. The van der Waals surface area contributed by atoms with Crippen LogP contribution < -0.4 is 10.5 Å². The van der Waals surface area contributed by atoms with Crippen molar-refractivity contribution in [3.63, 3.8) is 0 Å². The minimum Gasteiger partial charge on any atom is -0.496 e. The van der Waals surface area contributed by atoms with Crippen LogP contribution in [0.5, 0.6) is 5.75 Å². The fourth-order valence-electron chi connectivity index (χ4n) is 2.91. The molecule has 0 saturated heterocycles. The van der Waals surface area contributed by atoms with Crippen LogP contribution in [0.2, 0.25) is 0 Å². The highest BCUT2D eigenvalue weighted by molar-refractivity contribution is 5.84. The molecule has 2 atom stereocenters. The van der Waals surface area contributed by atoms with Crippen LogP contribution in [-0.2, 0) is 11.2 Å². The van der Waals surface area contributed by atoms with Crippen LogP contribution >= 0.6 is 0 Å². The minimum absolute atomic E-state index is 0.153. The highest BCUT2D eigenvalue weighted by atomic mass is 16.5. The monoisotopic (exact) mass is 247 g/mol. The van der Waals surface area contributed by atoms with Gasteiger partial charge in [-0.3, -0.25) is 4.79 Å². The number of ether oxygens (including phenoxy) is 1. The lowest BCUT2D eigenvalue weighted by Gasteiger charge is -2.17. The lowest BCUT2D eigenvalue weighted by atomic mass is 9.89. The largest absolute Gasteiger partial charge is 0.496 e. The summed E-state index contributed by atoms with van der Waals surface area (Å²) >= 11 is 0. The van der Waals surface area contributed by atoms with E-state index in [1.807, 2.05) is 24.3 Å². The number of rotatable bonds is 5. The topological polar surface area (TPSA) is 52.3 Å². The van der Waals surface area contributed by atoms with E-state index in [2.05, 4.69) is 0 Å². The Kier molecular flexibility index (Phi) is 4.37. The normalized spacial score (nSPS) is 23.0. The predicted molar refractivity (Wildman–Crippen MR) is 71.6 cm³/mol. The maximum Gasteiger partial charge on any atom is 0.140 e. The molecule has 98 valence electrons. The number of Topliss-reactive ketones (excluding diaryl/α,β-unsaturated/α-hetero) is 1. The van der Waals surface area contributed by atoms with Crippen LogP contribution in [0.15, 0.2) is 24.3 Å². The summed E-state index contributed by atoms with van der Waals surface area (Å²) in [5.74, 6) is 1.65. The van der Waals surface area contributed by atoms with Crippen LogP contribution in [0.25, 0.3) is 0 Å². The van der Waals surface area contributed by atoms with E-state index in [0.29, 0.717) is 24.7 Å². The molecule has 1 aliphatic carbocycles. The molecule has 0 aliphatic heterocycles. The Morgan fingerprint density at radius 3 is 2.89 bits per heavy atom. The van der Waals surface area contributed by atoms with Crippen molar-refractivity contribution < 1.29 is 9.53 Å². The fourth-order valence-corrected chi connectivity index (χ4v) is 2.91. The molecular weight excluding hydrogens is 226 g/mol. The molecule has 3 heteroatoms. The van der Waals surface area contributed by atoms with Gasteiger partial charge in [-0.2, -0.15) is 0 Å². The Morgan fingerprint density at radius 1 is 1.39 bits per heavy atom. The number of hydrogen-bond donors (Lipinski definition) is 1. The van der Waals surface area contributed by atoms with E-state index >= 15 is 0 Å². The molecule has 3 nitrogen and oxygen atoms in total. The maximum atomic E-state index is 12.3. The third-order valence-corrected chi connectivity index (χ3v) is 3.93. The van der Waals surface area contributed by atoms with E-state index in [1.54, 1.807) is 7.11 Å². The molecule has 0 amide bonds. The van der Waals surface area contributed by atoms with Crippen molar-refractivity contribution >= 4 is 5.78 Å². The Hall–Kier alpha value is -1.35. The second-order valence-corrected chi connectivity index (χ2v) is 4.99. The molecule has 2 unspecified atom stereocenters. The summed E-state index contributed by atoms with van der Waals surface area (Å²) in [6, 6.07) is 7.73. The highest BCUT2D eigenvalue weighted by Gasteiger charge is 2.31. The minimum atomic E-state index is 0.153. The van der Waals surface area contributed by atoms with Gasteiger partial charge in [-0.25, -0.2) is 0 Å². The van der Waals surface area contributed by atoms with Crippen molar-refractivity contribution in [3.8, 4) is 5.75 Å². The average molecular weight is 247 g/mol. The molecular formula is C15H21NO2. The molecule has 0 heterocycles. The smallest absolute Gasteiger partial charge is 0.140 e. The zero-order chi connectivity index (χ0) is 13.0. The van der Waals surface area contributed by atoms with Crippen molar-refractivity contribution in [2.75, 3.05) is 13.7 Å². The average Bonchev–Trinajstić information content (AvgIpc) is 2.87. The number of carbonyl (C=O) groups excluding carboxylic acids is 1. The van der Waals surface area contributed by atoms with Crippen molar-refractivity contribution in [2.45, 2.75) is 25.7 Å². The molecule has 2 rings (SSSR count). The van der Waals surface area contributed by atoms with Gasteiger partial charge in [0, 0.05) is 17.9 Å². The fraction of sp³-hybridized carbons (Fsp3) is 0.533. The quantitative estimate of drug-likeness (QED) is 0.867. The van der Waals surface area contributed by atoms with Gasteiger partial charge in [-0.05, 0) is 31.4 Å². The summed E-state index contributed by atoms with van der Waals surface area (Å²) in [6.07, 6.45) is 3.68. The number of ketones is 1. The lowest BCUT2D eigenvalue weighted by molar-refractivity contribution is -0.123. The summed E-state index contributed by atoms with van der Waals surface area (Å²) in [5, 5.41) is 0. The van der Waals surface area contributed by atoms with E-state index in [1.165, 1.54) is 0 Å². The molecule has 0 spiro atoms. The third-order valence-electron chi connectivity index (χ3n) is 3.93. The van der Waals surface area contributed by atoms with Crippen molar-refractivity contribution in [1.82, 2.24) is 0 Å². The van der Waals surface area contributed by atoms with Gasteiger partial charge >= 0.3 is 0 Å². The van der Waals surface area contributed by atoms with Crippen molar-refractivity contribution in [3.05, 3.63) is 29.8 Å². The molecule has 0 aromatic heterocycles. The van der Waals surface area contributed by atoms with Crippen LogP contribution in [0.3, 0.4) is 0 Å². The number of nitrogens with two attached hydrogens (primary N) is 1. The molecule has 2 N–H and O–H groups in total. The van der Waals surface area contributed by atoms with Gasteiger partial charge in [0.1, 0.15) is 11.5 Å². The van der Waals surface area contributed by atoms with E-state index in [9.17, 15) is 4.79 Å². The molecule has 1 aromatic carbocycles. The zero-order valence-corrected chi connectivity index (χ0v) is 10.9. The molecule has 0 bridgehead atoms. The van der Waals surface area contributed by atoms with E-state index in [0.717, 1.165) is 30.6 Å². The van der Waals surface area contributed by atoms with E-state index in [4.69, 9.17) is 10.5 Å². The second-order valence-electron chi connectivity index (χ2n) is 4.99. The summed E-state index contributed by atoms with van der Waals surface area (Å²) in [4.78, 5) is 12.3. The molecule has 1 fully saturated rings. The number of methoxy groups -OCH3 is 1. The second kappa shape index (κ2) is 6.01. The summed E-state index contributed by atoms with van der Waals surface area (Å²) < 4.78 is 5.29. The predicted octanol–water partition coefficient (Wildman–Crippen LogP) is 2.18. The van der Waals surface area contributed by atoms with Crippen LogP contribution in [0, 0.1) is 11.8 Å². The summed E-state index contributed by atoms with van der Waals surface area (Å²) in [7, 11) is 1.64. The molecule has 0 radical (unpaired) electrons. The first-order valence-corrected chi connectivity index (χ1v) is 6.61. The van der Waals surface area contributed by atoms with Gasteiger partial charge in [-0.15, -0.1) is 0 Å². The molecule has 18 heavy (non-hydrogen) atoms. The van der Waals surface area contributed by atoms with Crippen LogP contribution in [0.4, 0.5) is 0 Å². The Morgan fingerprint density at radius 2 is 2.17 bits per heavy atom. The van der Waals surface area contributed by atoms with Gasteiger partial charge in [0.25, 0.3) is 0 Å². The standard InChI is InChI=1S/C15H21NO2/c1-18-15-8-3-2-5-11(15)9-14(17)13-7-4-6-12(13)10-16/h2-3,5,8,12-13H,4,6-7,9-10,16H2,1H3. The molecule has 1 aliphatic rings. The summed E-state index contributed by atoms with van der Waals surface area (Å²) in [6.45, 7) is 0.627. The number of carbonyl (C=O) groups is 1. The van der Waals surface area contributed by atoms with Gasteiger partial charge in [0.2, 0.25) is 0 Å². The van der Waals surface area contributed by atoms with Crippen molar-refractivity contribution in [2.24, 2.45) is 17.6 Å². The van der Waals surface area contributed by atoms with Crippen LogP contribution in [-0.4, -0.2) is 19.4 Å². The first-order chi connectivity index (χ1) is 8.76. The first kappa shape index (κ1) is 13.1. The Bertz CT molecular complexity index is 417. The maximum absolute atomic E-state index is 12.3. The SMILES string of the molecule is COc1ccccc1CC(=O)C1CCCC1CN. The van der Waals surface area contributed by atoms with Crippen LogP contribution in [0.1, 0.15) is 24.8 Å². The van der Waals surface area contributed by atoms with Crippen molar-refractivity contribution in [1.29, 1.82) is 0 Å². The van der Waals surface area contributed by atoms with Gasteiger partial charge < -0.3 is 10.5 Å². The van der Waals surface area contributed by atoms with E-state index in [-0.39, 0.29) is 5.92 Å². The zero-order valence-electron chi connectivity index (χ0n) is 10.9. The molecule has 1 saturated carbocycles. The Balaban J connectivity index is 2.07. The number of benzene rings is 1. The van der Waals surface area contributed by atoms with Gasteiger partial charge in [-0.1, -0.05) is 24.6 Å². The van der Waals surface area contributed by atoms with Gasteiger partial charge in [0.15, 0.2) is 0 Å². The number of para-hydroxylation sites is 1. The Labute approximate surface area is 108 Å². The van der Waals surface area contributed by atoms with E-state index < -0.39 is 0 Å².